The average molecular weight is 352 g/mol. The first-order valence-corrected chi connectivity index (χ1v) is 7.41. The molecule has 0 bridgehead atoms. The zero-order valence-corrected chi connectivity index (χ0v) is 13.3. The molecule has 0 unspecified atom stereocenters. The molecule has 20 heavy (non-hydrogen) atoms. The van der Waals surface area contributed by atoms with Gasteiger partial charge in [-0.1, -0.05) is 34.8 Å². The monoisotopic (exact) mass is 350 g/mol. The number of anilines is 2. The van der Waals surface area contributed by atoms with E-state index >= 15 is 0 Å². The van der Waals surface area contributed by atoms with Crippen molar-refractivity contribution in [2.45, 2.75) is 13.3 Å². The molecule has 0 atom stereocenters. The molecule has 2 rings (SSSR count). The highest BCUT2D eigenvalue weighted by atomic mass is 35.5. The summed E-state index contributed by atoms with van der Waals surface area (Å²) >= 11 is 19.1. The van der Waals surface area contributed by atoms with Crippen molar-refractivity contribution in [2.75, 3.05) is 5.32 Å². The molecule has 2 N–H and O–H groups in total. The van der Waals surface area contributed by atoms with Gasteiger partial charge in [0.15, 0.2) is 5.13 Å². The van der Waals surface area contributed by atoms with E-state index in [1.807, 2.05) is 0 Å². The van der Waals surface area contributed by atoms with Gasteiger partial charge >= 0.3 is 5.97 Å². The lowest BCUT2D eigenvalue weighted by Crippen LogP contribution is -1.99. The summed E-state index contributed by atoms with van der Waals surface area (Å²) in [7, 11) is 0. The van der Waals surface area contributed by atoms with Gasteiger partial charge in [-0.3, -0.25) is 4.79 Å². The van der Waals surface area contributed by atoms with E-state index in [4.69, 9.17) is 39.9 Å². The highest BCUT2D eigenvalue weighted by molar-refractivity contribution is 7.15. The van der Waals surface area contributed by atoms with Crippen LogP contribution < -0.4 is 5.32 Å². The van der Waals surface area contributed by atoms with E-state index in [9.17, 15) is 4.79 Å². The number of aliphatic carboxylic acids is 1. The van der Waals surface area contributed by atoms with E-state index in [2.05, 4.69) is 10.3 Å². The Balaban J connectivity index is 2.26. The lowest BCUT2D eigenvalue weighted by Gasteiger charge is -2.06. The Hall–Kier alpha value is -1.01. The highest BCUT2D eigenvalue weighted by Gasteiger charge is 2.13. The molecule has 0 saturated carbocycles. The van der Waals surface area contributed by atoms with E-state index in [1.165, 1.54) is 17.4 Å². The third-order valence-electron chi connectivity index (χ3n) is 2.46. The number of halogens is 3. The second kappa shape index (κ2) is 6.18. The number of benzene rings is 1. The summed E-state index contributed by atoms with van der Waals surface area (Å²) in [6.45, 7) is 1.76. The highest BCUT2D eigenvalue weighted by Crippen LogP contribution is 2.35. The number of carbonyl (C=O) groups is 1. The van der Waals surface area contributed by atoms with Crippen LogP contribution in [0.3, 0.4) is 0 Å². The Morgan fingerprint density at radius 2 is 1.95 bits per heavy atom. The third kappa shape index (κ3) is 3.55. The fraction of sp³-hybridized carbons (Fsp3) is 0.167. The quantitative estimate of drug-likeness (QED) is 0.778. The summed E-state index contributed by atoms with van der Waals surface area (Å²) in [6, 6.07) is 3.13. The fourth-order valence-electron chi connectivity index (χ4n) is 1.52. The summed E-state index contributed by atoms with van der Waals surface area (Å²) in [5.41, 5.74) is 1.24. The van der Waals surface area contributed by atoms with Crippen molar-refractivity contribution in [1.82, 2.24) is 4.98 Å². The van der Waals surface area contributed by atoms with Gasteiger partial charge < -0.3 is 10.4 Å². The average Bonchev–Trinajstić information content (AvgIpc) is 2.66. The molecule has 1 heterocycles. The second-order valence-electron chi connectivity index (χ2n) is 3.97. The summed E-state index contributed by atoms with van der Waals surface area (Å²) in [5, 5.41) is 13.5. The van der Waals surface area contributed by atoms with Gasteiger partial charge in [-0.15, -0.1) is 11.3 Å². The van der Waals surface area contributed by atoms with Crippen LogP contribution in [0, 0.1) is 6.92 Å². The maximum Gasteiger partial charge on any atom is 0.308 e. The molecule has 0 spiro atoms. The molecule has 0 aliphatic rings. The molecule has 1 aromatic heterocycles. The fourth-order valence-corrected chi connectivity index (χ4v) is 3.08. The molecule has 0 fully saturated rings. The minimum absolute atomic E-state index is 0.0553. The number of hydrogen-bond acceptors (Lipinski definition) is 4. The predicted octanol–water partition coefficient (Wildman–Crippen LogP) is 4.78. The van der Waals surface area contributed by atoms with Gasteiger partial charge in [0.1, 0.15) is 0 Å². The maximum atomic E-state index is 10.7. The lowest BCUT2D eigenvalue weighted by atomic mass is 10.3. The van der Waals surface area contributed by atoms with Gasteiger partial charge in [-0.05, 0) is 19.1 Å². The van der Waals surface area contributed by atoms with Crippen LogP contribution in [0.2, 0.25) is 15.1 Å². The smallest absolute Gasteiger partial charge is 0.308 e. The SMILES string of the molecule is Cc1nc(Nc2cc(Cl)c(Cl)cc2Cl)sc1CC(=O)O. The van der Waals surface area contributed by atoms with Gasteiger partial charge in [-0.25, -0.2) is 4.98 Å². The Morgan fingerprint density at radius 3 is 2.60 bits per heavy atom. The van der Waals surface area contributed by atoms with E-state index < -0.39 is 5.97 Å². The lowest BCUT2D eigenvalue weighted by molar-refractivity contribution is -0.136. The Labute approximate surface area is 134 Å². The molecule has 0 radical (unpaired) electrons. The molecule has 106 valence electrons. The summed E-state index contributed by atoms with van der Waals surface area (Å²) < 4.78 is 0. The Kier molecular flexibility index (Phi) is 4.75. The van der Waals surface area contributed by atoms with Gasteiger partial charge in [-0.2, -0.15) is 0 Å². The molecule has 0 aliphatic heterocycles. The van der Waals surface area contributed by atoms with Crippen LogP contribution in [0.4, 0.5) is 10.8 Å². The van der Waals surface area contributed by atoms with Gasteiger partial charge in [0.2, 0.25) is 0 Å². The van der Waals surface area contributed by atoms with Crippen LogP contribution in [-0.4, -0.2) is 16.1 Å². The first-order chi connectivity index (χ1) is 9.36. The minimum Gasteiger partial charge on any atom is -0.481 e. The van der Waals surface area contributed by atoms with Crippen LogP contribution in [0.5, 0.6) is 0 Å². The first-order valence-electron chi connectivity index (χ1n) is 5.46. The predicted molar refractivity (Wildman–Crippen MR) is 82.9 cm³/mol. The number of carboxylic acid groups (broad SMARTS) is 1. The first kappa shape index (κ1) is 15.4. The number of nitrogens with one attached hydrogen (secondary N) is 1. The Morgan fingerprint density at radius 1 is 1.30 bits per heavy atom. The van der Waals surface area contributed by atoms with E-state index in [-0.39, 0.29) is 6.42 Å². The molecule has 4 nitrogen and oxygen atoms in total. The number of aromatic nitrogens is 1. The zero-order valence-electron chi connectivity index (χ0n) is 10.2. The van der Waals surface area contributed by atoms with Crippen molar-refractivity contribution in [1.29, 1.82) is 0 Å². The molecule has 0 aliphatic carbocycles. The van der Waals surface area contributed by atoms with Crippen LogP contribution >= 0.6 is 46.1 Å². The number of carboxylic acids is 1. The number of rotatable bonds is 4. The molecule has 2 aromatic rings. The van der Waals surface area contributed by atoms with E-state index in [0.717, 1.165) is 0 Å². The molecule has 8 heteroatoms. The van der Waals surface area contributed by atoms with E-state index in [0.29, 0.717) is 36.5 Å². The molecular formula is C12H9Cl3N2O2S. The summed E-state index contributed by atoms with van der Waals surface area (Å²) in [5.74, 6) is -0.893. The molecular weight excluding hydrogens is 343 g/mol. The molecule has 0 saturated heterocycles. The number of nitrogens with zero attached hydrogens (tertiary/aromatic N) is 1. The van der Waals surface area contributed by atoms with Crippen molar-refractivity contribution in [3.63, 3.8) is 0 Å². The number of thiazole rings is 1. The summed E-state index contributed by atoms with van der Waals surface area (Å²) in [4.78, 5) is 15.7. The number of hydrogen-bond donors (Lipinski definition) is 2. The molecule has 0 amide bonds. The second-order valence-corrected chi connectivity index (χ2v) is 6.27. The molecule has 1 aromatic carbocycles. The Bertz CT molecular complexity index is 673. The third-order valence-corrected chi connectivity index (χ3v) is 4.56. The topological polar surface area (TPSA) is 62.2 Å². The van der Waals surface area contributed by atoms with Gasteiger partial charge in [0.05, 0.1) is 32.9 Å². The van der Waals surface area contributed by atoms with Crippen LogP contribution in [-0.2, 0) is 11.2 Å². The van der Waals surface area contributed by atoms with Crippen molar-refractivity contribution in [2.24, 2.45) is 0 Å². The van der Waals surface area contributed by atoms with Crippen molar-refractivity contribution in [3.05, 3.63) is 37.8 Å². The number of aryl methyl sites for hydroxylation is 1. The normalized spacial score (nSPS) is 10.6. The zero-order chi connectivity index (χ0) is 14.9. The standard InChI is InChI=1S/C12H9Cl3N2O2S/c1-5-10(4-11(18)19)20-12(16-5)17-9-3-7(14)6(13)2-8(9)15/h2-3H,4H2,1H3,(H,16,17)(H,18,19). The van der Waals surface area contributed by atoms with Gasteiger partial charge in [0, 0.05) is 4.88 Å². The van der Waals surface area contributed by atoms with Crippen LogP contribution in [0.15, 0.2) is 12.1 Å². The van der Waals surface area contributed by atoms with E-state index in [1.54, 1.807) is 13.0 Å². The van der Waals surface area contributed by atoms with Crippen LogP contribution in [0.1, 0.15) is 10.6 Å². The van der Waals surface area contributed by atoms with Crippen molar-refractivity contribution >= 4 is 62.9 Å². The van der Waals surface area contributed by atoms with Crippen LogP contribution in [0.25, 0.3) is 0 Å². The van der Waals surface area contributed by atoms with Gasteiger partial charge in [0.25, 0.3) is 0 Å². The van der Waals surface area contributed by atoms with Crippen molar-refractivity contribution < 1.29 is 9.90 Å². The largest absolute Gasteiger partial charge is 0.481 e. The van der Waals surface area contributed by atoms with Crippen molar-refractivity contribution in [3.8, 4) is 0 Å². The minimum atomic E-state index is -0.893. The summed E-state index contributed by atoms with van der Waals surface area (Å²) in [6.07, 6.45) is -0.0553. The maximum absolute atomic E-state index is 10.7.